The Labute approximate surface area is 415 Å². The first-order valence-corrected chi connectivity index (χ1v) is 29.2. The van der Waals surface area contributed by atoms with Gasteiger partial charge in [-0.1, -0.05) is 217 Å². The molecule has 11 nitrogen and oxygen atoms in total. The van der Waals surface area contributed by atoms with Crippen LogP contribution in [0.5, 0.6) is 0 Å². The van der Waals surface area contributed by atoms with Crippen molar-refractivity contribution >= 4 is 25.7 Å². The van der Waals surface area contributed by atoms with E-state index < -0.39 is 57.6 Å². The first-order valence-electron chi connectivity index (χ1n) is 27.7. The molecule has 3 atom stereocenters. The molecular weight excluding hydrogens is 878 g/mol. The van der Waals surface area contributed by atoms with Crippen molar-refractivity contribution in [2.75, 3.05) is 19.8 Å². The van der Waals surface area contributed by atoms with E-state index in [1.54, 1.807) is 0 Å². The number of hydrogen-bond acceptors (Lipinski definition) is 8. The number of nitrogens with one attached hydrogen (secondary N) is 1. The van der Waals surface area contributed by atoms with Crippen LogP contribution in [0.3, 0.4) is 0 Å². The molecule has 0 saturated carbocycles. The molecule has 0 aromatic heterocycles. The quantitative estimate of drug-likeness (QED) is 0.0199. The molecule has 0 aliphatic rings. The number of ether oxygens (including phenoxy) is 1. The summed E-state index contributed by atoms with van der Waals surface area (Å²) in [4.78, 5) is 46.2. The summed E-state index contributed by atoms with van der Waals surface area (Å²) in [5.74, 6) is -2.37. The van der Waals surface area contributed by atoms with Crippen LogP contribution in [-0.2, 0) is 32.7 Å². The number of carbonyl (C=O) groups excluding carboxylic acids is 2. The van der Waals surface area contributed by atoms with Crippen LogP contribution in [0, 0.1) is 0 Å². The third-order valence-corrected chi connectivity index (χ3v) is 13.0. The molecule has 0 fully saturated rings. The molecule has 0 radical (unpaired) electrons. The monoisotopic (exact) mass is 980 g/mol. The van der Waals surface area contributed by atoms with E-state index in [1.807, 2.05) is 0 Å². The Kier molecular flexibility index (Phi) is 48.9. The Hall–Kier alpha value is -2.56. The van der Waals surface area contributed by atoms with Gasteiger partial charge in [0.2, 0.25) is 5.91 Å². The lowest BCUT2D eigenvalue weighted by atomic mass is 10.0. The van der Waals surface area contributed by atoms with Crippen LogP contribution in [-0.4, -0.2) is 64.9 Å². The van der Waals surface area contributed by atoms with E-state index in [9.17, 15) is 34.1 Å². The highest BCUT2D eigenvalue weighted by Gasteiger charge is 2.28. The van der Waals surface area contributed by atoms with Crippen molar-refractivity contribution in [2.24, 2.45) is 0 Å². The number of hydrogen-bond donors (Lipinski definition) is 4. The molecule has 0 saturated heterocycles. The number of phosphoric ester groups is 1. The average Bonchev–Trinajstić information content (AvgIpc) is 3.32. The number of esters is 1. The summed E-state index contributed by atoms with van der Waals surface area (Å²) in [5, 5.41) is 22.0. The van der Waals surface area contributed by atoms with Crippen LogP contribution in [0.2, 0.25) is 0 Å². The number of aliphatic carboxylic acids is 1. The smallest absolute Gasteiger partial charge is 0.472 e. The molecule has 0 heterocycles. The first-order chi connectivity index (χ1) is 33.1. The van der Waals surface area contributed by atoms with Gasteiger partial charge in [-0.05, 0) is 77.0 Å². The fraction of sp³-hybridized carbons (Fsp3) is 0.804. The van der Waals surface area contributed by atoms with Crippen LogP contribution < -0.4 is 5.32 Å². The van der Waals surface area contributed by atoms with E-state index >= 15 is 0 Å². The molecule has 0 aromatic rings. The van der Waals surface area contributed by atoms with Crippen molar-refractivity contribution in [3.8, 4) is 0 Å². The molecule has 4 N–H and O–H groups in total. The second-order valence-electron chi connectivity index (χ2n) is 18.8. The van der Waals surface area contributed by atoms with Gasteiger partial charge in [-0.15, -0.1) is 0 Å². The van der Waals surface area contributed by atoms with Crippen molar-refractivity contribution in [3.63, 3.8) is 0 Å². The lowest BCUT2D eigenvalue weighted by Gasteiger charge is -2.18. The van der Waals surface area contributed by atoms with Crippen LogP contribution in [0.4, 0.5) is 0 Å². The molecule has 0 aromatic carbocycles. The summed E-state index contributed by atoms with van der Waals surface area (Å²) in [5.41, 5.74) is 0. The molecule has 0 aliphatic heterocycles. The van der Waals surface area contributed by atoms with E-state index in [4.69, 9.17) is 13.8 Å². The maximum Gasteiger partial charge on any atom is 0.472 e. The largest absolute Gasteiger partial charge is 0.480 e. The zero-order valence-electron chi connectivity index (χ0n) is 43.4. The average molecular weight is 980 g/mol. The summed E-state index contributed by atoms with van der Waals surface area (Å²) in [6.45, 7) is 2.60. The van der Waals surface area contributed by atoms with Gasteiger partial charge >= 0.3 is 19.8 Å². The predicted molar refractivity (Wildman–Crippen MR) is 282 cm³/mol. The van der Waals surface area contributed by atoms with Gasteiger partial charge < -0.3 is 25.2 Å². The van der Waals surface area contributed by atoms with Crippen LogP contribution >= 0.6 is 7.82 Å². The summed E-state index contributed by atoms with van der Waals surface area (Å²) >= 11 is 0. The van der Waals surface area contributed by atoms with Gasteiger partial charge in [0.1, 0.15) is 12.7 Å². The molecule has 0 bridgehead atoms. The van der Waals surface area contributed by atoms with Crippen molar-refractivity contribution in [1.29, 1.82) is 0 Å². The lowest BCUT2D eigenvalue weighted by Crippen LogP contribution is -2.43. The predicted octanol–water partition coefficient (Wildman–Crippen LogP) is 15.7. The Bertz CT molecular complexity index is 1330. The number of carboxylic acid groups (broad SMARTS) is 1. The minimum atomic E-state index is -4.77. The number of rotatable bonds is 52. The molecule has 12 heteroatoms. The topological polar surface area (TPSA) is 169 Å². The Morgan fingerprint density at radius 1 is 0.471 bits per heavy atom. The molecule has 0 spiro atoms. The highest BCUT2D eigenvalue weighted by Crippen LogP contribution is 2.43. The van der Waals surface area contributed by atoms with E-state index in [-0.39, 0.29) is 12.8 Å². The number of aliphatic hydroxyl groups excluding tert-OH is 1. The second-order valence-corrected chi connectivity index (χ2v) is 20.2. The molecule has 3 unspecified atom stereocenters. The fourth-order valence-electron chi connectivity index (χ4n) is 7.79. The highest BCUT2D eigenvalue weighted by molar-refractivity contribution is 7.47. The van der Waals surface area contributed by atoms with Gasteiger partial charge in [-0.3, -0.25) is 18.6 Å². The minimum Gasteiger partial charge on any atom is -0.480 e. The number of unbranched alkanes of at least 4 members (excludes halogenated alkanes) is 30. The molecule has 396 valence electrons. The van der Waals surface area contributed by atoms with Crippen molar-refractivity contribution in [1.82, 2.24) is 5.32 Å². The number of amides is 1. The minimum absolute atomic E-state index is 0.140. The molecule has 68 heavy (non-hydrogen) atoms. The molecule has 1 amide bonds. The van der Waals surface area contributed by atoms with Crippen molar-refractivity contribution < 1.29 is 47.8 Å². The molecular formula is C56H102NO10P. The zero-order valence-corrected chi connectivity index (χ0v) is 44.3. The van der Waals surface area contributed by atoms with Crippen LogP contribution in [0.15, 0.2) is 48.6 Å². The number of carboxylic acids is 1. The Morgan fingerprint density at radius 2 is 0.809 bits per heavy atom. The highest BCUT2D eigenvalue weighted by atomic mass is 31.2. The number of allylic oxidation sites excluding steroid dienone is 8. The Morgan fingerprint density at radius 3 is 1.25 bits per heavy atom. The summed E-state index contributed by atoms with van der Waals surface area (Å²) in [7, 11) is -4.77. The van der Waals surface area contributed by atoms with Crippen molar-refractivity contribution in [3.05, 3.63) is 48.6 Å². The maximum absolute atomic E-state index is 12.4. The van der Waals surface area contributed by atoms with Crippen molar-refractivity contribution in [2.45, 2.75) is 270 Å². The summed E-state index contributed by atoms with van der Waals surface area (Å²) < 4.78 is 27.0. The van der Waals surface area contributed by atoms with Crippen LogP contribution in [0.1, 0.15) is 258 Å². The summed E-state index contributed by atoms with van der Waals surface area (Å²) in [6, 6.07) is -1.55. The van der Waals surface area contributed by atoms with Crippen LogP contribution in [0.25, 0.3) is 0 Å². The zero-order chi connectivity index (χ0) is 49.9. The number of phosphoric acid groups is 1. The van der Waals surface area contributed by atoms with E-state index in [2.05, 4.69) is 67.8 Å². The van der Waals surface area contributed by atoms with Gasteiger partial charge in [0.15, 0.2) is 6.04 Å². The Balaban J connectivity index is 3.80. The third-order valence-electron chi connectivity index (χ3n) is 12.1. The van der Waals surface area contributed by atoms with E-state index in [0.29, 0.717) is 12.8 Å². The van der Waals surface area contributed by atoms with Gasteiger partial charge in [-0.25, -0.2) is 9.36 Å². The third kappa shape index (κ3) is 49.8. The normalized spacial score (nSPS) is 13.8. The van der Waals surface area contributed by atoms with Gasteiger partial charge in [-0.2, -0.15) is 0 Å². The number of aliphatic hydroxyl groups is 1. The standard InChI is InChI=1S/C56H102NO10P/c1-3-5-7-9-11-13-15-17-19-21-23-25-26-28-29-31-33-35-37-39-41-43-45-47-54(59)57-53(56(61)62)51-67-68(63,64)66-50-52(58)49-65-55(60)48-46-44-42-40-38-36-34-32-30-27-24-22-20-18-16-14-12-10-8-6-4-2/h11,13,17-20,23,25,52-53,58H,3-10,12,14-16,21-22,24,26-51H2,1-2H3,(H,57,59)(H,61,62)(H,63,64)/b13-11-,19-17-,20-18+,25-23-. The molecule has 0 rings (SSSR count). The van der Waals surface area contributed by atoms with E-state index in [0.717, 1.165) is 64.2 Å². The fourth-order valence-corrected chi connectivity index (χ4v) is 8.56. The van der Waals surface area contributed by atoms with Gasteiger partial charge in [0, 0.05) is 12.8 Å². The molecule has 0 aliphatic carbocycles. The van der Waals surface area contributed by atoms with Gasteiger partial charge in [0.05, 0.1) is 13.2 Å². The lowest BCUT2D eigenvalue weighted by molar-refractivity contribution is -0.147. The SMILES string of the molecule is CCCCC/C=C\C/C=C\C/C=C\CCCCCCCCCCCCC(=O)NC(COP(=O)(O)OCC(O)COC(=O)CCCCCCCCCCCCC/C=C/CCCCCCCC)C(=O)O. The van der Waals surface area contributed by atoms with E-state index in [1.165, 1.54) is 154 Å². The first kappa shape index (κ1) is 65.4. The second kappa shape index (κ2) is 50.8. The number of carbonyl (C=O) groups is 3. The summed E-state index contributed by atoms with van der Waals surface area (Å²) in [6.07, 6.45) is 59.9. The maximum atomic E-state index is 12.4. The van der Waals surface area contributed by atoms with Gasteiger partial charge in [0.25, 0.3) is 0 Å².